The van der Waals surface area contributed by atoms with Crippen molar-refractivity contribution in [3.05, 3.63) is 34.3 Å². The topological polar surface area (TPSA) is 49.4 Å². The molecule has 1 aromatic carbocycles. The van der Waals surface area contributed by atoms with Crippen molar-refractivity contribution in [3.63, 3.8) is 0 Å². The number of rotatable bonds is 3. The fourth-order valence-corrected chi connectivity index (χ4v) is 4.30. The quantitative estimate of drug-likeness (QED) is 0.877. The first kappa shape index (κ1) is 16.5. The molecule has 1 N–H and O–H groups in total. The van der Waals surface area contributed by atoms with Crippen LogP contribution in [-0.2, 0) is 4.79 Å². The van der Waals surface area contributed by atoms with Crippen molar-refractivity contribution < 1.29 is 9.59 Å². The van der Waals surface area contributed by atoms with E-state index in [-0.39, 0.29) is 18.4 Å². The summed E-state index contributed by atoms with van der Waals surface area (Å²) in [5.41, 5.74) is 0.561. The van der Waals surface area contributed by atoms with Crippen LogP contribution in [0.25, 0.3) is 0 Å². The highest BCUT2D eigenvalue weighted by molar-refractivity contribution is 9.10. The third kappa shape index (κ3) is 3.94. The molecule has 0 aromatic heterocycles. The molecular formula is C18H23BrN2O2. The molecular weight excluding hydrogens is 356 g/mol. The molecule has 124 valence electrons. The number of hydrogen-bond acceptors (Lipinski definition) is 2. The minimum absolute atomic E-state index is 0.0365. The number of carbonyl (C=O) groups excluding carboxylic acids is 2. The molecule has 0 bridgehead atoms. The summed E-state index contributed by atoms with van der Waals surface area (Å²) in [7, 11) is 0. The molecule has 1 aromatic rings. The van der Waals surface area contributed by atoms with Crippen LogP contribution in [-0.4, -0.2) is 36.3 Å². The average Bonchev–Trinajstić information content (AvgIpc) is 2.59. The van der Waals surface area contributed by atoms with Crippen molar-refractivity contribution in [3.8, 4) is 0 Å². The highest BCUT2D eigenvalue weighted by atomic mass is 79.9. The summed E-state index contributed by atoms with van der Waals surface area (Å²) in [5, 5.41) is 2.75. The van der Waals surface area contributed by atoms with Crippen molar-refractivity contribution in [2.45, 2.75) is 32.1 Å². The lowest BCUT2D eigenvalue weighted by molar-refractivity contribution is -0.133. The van der Waals surface area contributed by atoms with Crippen molar-refractivity contribution in [2.24, 2.45) is 11.8 Å². The average molecular weight is 379 g/mol. The number of piperidine rings is 1. The van der Waals surface area contributed by atoms with E-state index in [1.54, 1.807) is 6.07 Å². The van der Waals surface area contributed by atoms with Gasteiger partial charge in [-0.25, -0.2) is 0 Å². The summed E-state index contributed by atoms with van der Waals surface area (Å²) in [6.45, 7) is 1.79. The number of likely N-dealkylation sites (tertiary alicyclic amines) is 1. The van der Waals surface area contributed by atoms with E-state index in [9.17, 15) is 9.59 Å². The molecule has 1 saturated heterocycles. The van der Waals surface area contributed by atoms with Gasteiger partial charge >= 0.3 is 0 Å². The number of fused-ring (bicyclic) bond motifs is 1. The van der Waals surface area contributed by atoms with E-state index in [0.717, 1.165) is 29.9 Å². The normalized spacial score (nSPS) is 24.0. The van der Waals surface area contributed by atoms with Gasteiger partial charge in [-0.05, 0) is 52.7 Å². The van der Waals surface area contributed by atoms with Crippen LogP contribution in [0, 0.1) is 11.8 Å². The van der Waals surface area contributed by atoms with E-state index in [1.165, 1.54) is 25.7 Å². The predicted octanol–water partition coefficient (Wildman–Crippen LogP) is 3.22. The van der Waals surface area contributed by atoms with Gasteiger partial charge in [0.15, 0.2) is 0 Å². The lowest BCUT2D eigenvalue weighted by atomic mass is 9.75. The lowest BCUT2D eigenvalue weighted by Crippen LogP contribution is -2.48. The largest absolute Gasteiger partial charge is 0.343 e. The molecule has 0 spiro atoms. The maximum Gasteiger partial charge on any atom is 0.252 e. The summed E-state index contributed by atoms with van der Waals surface area (Å²) in [6, 6.07) is 7.25. The van der Waals surface area contributed by atoms with Crippen LogP contribution in [0.15, 0.2) is 28.7 Å². The third-order valence-electron chi connectivity index (χ3n) is 5.16. The number of hydrogen-bond donors (Lipinski definition) is 1. The molecule has 1 heterocycles. The van der Waals surface area contributed by atoms with Crippen LogP contribution in [0.5, 0.6) is 0 Å². The Balaban J connectivity index is 1.51. The molecule has 4 nitrogen and oxygen atoms in total. The van der Waals surface area contributed by atoms with Gasteiger partial charge in [-0.1, -0.05) is 31.4 Å². The Bertz CT molecular complexity index is 590. The highest BCUT2D eigenvalue weighted by Crippen LogP contribution is 2.35. The molecule has 0 radical (unpaired) electrons. The molecule has 1 saturated carbocycles. The van der Waals surface area contributed by atoms with Gasteiger partial charge in [-0.15, -0.1) is 0 Å². The van der Waals surface area contributed by atoms with E-state index < -0.39 is 0 Å². The Labute approximate surface area is 145 Å². The zero-order valence-electron chi connectivity index (χ0n) is 13.3. The van der Waals surface area contributed by atoms with E-state index in [0.29, 0.717) is 11.5 Å². The van der Waals surface area contributed by atoms with Gasteiger partial charge in [0, 0.05) is 17.6 Å². The second-order valence-electron chi connectivity index (χ2n) is 6.60. The molecule has 23 heavy (non-hydrogen) atoms. The number of halogens is 1. The number of amides is 2. The van der Waals surface area contributed by atoms with Crippen molar-refractivity contribution in [1.82, 2.24) is 10.2 Å². The summed E-state index contributed by atoms with van der Waals surface area (Å²) < 4.78 is 0.743. The predicted molar refractivity (Wildman–Crippen MR) is 93.1 cm³/mol. The van der Waals surface area contributed by atoms with Gasteiger partial charge in [0.1, 0.15) is 0 Å². The molecule has 0 unspecified atom stereocenters. The van der Waals surface area contributed by atoms with E-state index in [1.807, 2.05) is 23.1 Å². The number of benzene rings is 1. The van der Waals surface area contributed by atoms with Gasteiger partial charge in [0.25, 0.3) is 5.91 Å². The van der Waals surface area contributed by atoms with Gasteiger partial charge in [-0.3, -0.25) is 9.59 Å². The second kappa shape index (κ2) is 7.47. The fourth-order valence-electron chi connectivity index (χ4n) is 3.84. The first-order valence-corrected chi connectivity index (χ1v) is 9.25. The van der Waals surface area contributed by atoms with Gasteiger partial charge < -0.3 is 10.2 Å². The van der Waals surface area contributed by atoms with E-state index >= 15 is 0 Å². The molecule has 1 aliphatic heterocycles. The Morgan fingerprint density at radius 2 is 1.87 bits per heavy atom. The van der Waals surface area contributed by atoms with Crippen LogP contribution in [0.3, 0.4) is 0 Å². The first-order chi connectivity index (χ1) is 11.1. The maximum atomic E-state index is 12.4. The van der Waals surface area contributed by atoms with Crippen LogP contribution in [0.2, 0.25) is 0 Å². The monoisotopic (exact) mass is 378 g/mol. The molecule has 2 amide bonds. The standard InChI is InChI=1S/C18H23BrN2O2/c19-16-8-4-3-7-15(16)18(23)20-11-17(22)21-10-9-13-5-1-2-6-14(13)12-21/h3-4,7-8,13-14H,1-2,5-6,9-12H2,(H,20,23)/t13-,14-/m0/s1. The minimum atomic E-state index is -0.210. The number of carbonyl (C=O) groups is 2. The summed E-state index contributed by atoms with van der Waals surface area (Å²) >= 11 is 3.36. The van der Waals surface area contributed by atoms with Crippen LogP contribution >= 0.6 is 15.9 Å². The maximum absolute atomic E-state index is 12.4. The van der Waals surface area contributed by atoms with Crippen molar-refractivity contribution >= 4 is 27.7 Å². The molecule has 5 heteroatoms. The van der Waals surface area contributed by atoms with Gasteiger partial charge in [0.05, 0.1) is 12.1 Å². The third-order valence-corrected chi connectivity index (χ3v) is 5.85. The zero-order chi connectivity index (χ0) is 16.2. The Morgan fingerprint density at radius 3 is 2.65 bits per heavy atom. The van der Waals surface area contributed by atoms with Gasteiger partial charge in [0.2, 0.25) is 5.91 Å². The summed E-state index contributed by atoms with van der Waals surface area (Å²) in [6.07, 6.45) is 6.33. The fraction of sp³-hybridized carbons (Fsp3) is 0.556. The molecule has 2 fully saturated rings. The summed E-state index contributed by atoms with van der Waals surface area (Å²) in [4.78, 5) is 26.5. The summed E-state index contributed by atoms with van der Waals surface area (Å²) in [5.74, 6) is 1.30. The molecule has 1 aliphatic carbocycles. The molecule has 2 atom stereocenters. The highest BCUT2D eigenvalue weighted by Gasteiger charge is 2.32. The van der Waals surface area contributed by atoms with E-state index in [4.69, 9.17) is 0 Å². The van der Waals surface area contributed by atoms with Crippen molar-refractivity contribution in [2.75, 3.05) is 19.6 Å². The molecule has 2 aliphatic rings. The van der Waals surface area contributed by atoms with Gasteiger partial charge in [-0.2, -0.15) is 0 Å². The first-order valence-electron chi connectivity index (χ1n) is 8.45. The van der Waals surface area contributed by atoms with Crippen molar-refractivity contribution in [1.29, 1.82) is 0 Å². The minimum Gasteiger partial charge on any atom is -0.343 e. The smallest absolute Gasteiger partial charge is 0.252 e. The zero-order valence-corrected chi connectivity index (χ0v) is 14.8. The number of nitrogens with one attached hydrogen (secondary N) is 1. The van der Waals surface area contributed by atoms with E-state index in [2.05, 4.69) is 21.2 Å². The van der Waals surface area contributed by atoms with Crippen LogP contribution in [0.1, 0.15) is 42.5 Å². The van der Waals surface area contributed by atoms with Crippen LogP contribution in [0.4, 0.5) is 0 Å². The molecule has 3 rings (SSSR count). The Kier molecular flexibility index (Phi) is 5.36. The Morgan fingerprint density at radius 1 is 1.13 bits per heavy atom. The second-order valence-corrected chi connectivity index (χ2v) is 7.45. The lowest BCUT2D eigenvalue weighted by Gasteiger charge is -2.41. The Hall–Kier alpha value is -1.36. The number of nitrogens with zero attached hydrogens (tertiary/aromatic N) is 1. The SMILES string of the molecule is O=C(NCC(=O)N1CC[C@@H]2CCCC[C@H]2C1)c1ccccc1Br. The van der Waals surface area contributed by atoms with Crippen LogP contribution < -0.4 is 5.32 Å².